The molecule has 1 rings (SSSR count). The van der Waals surface area contributed by atoms with Crippen LogP contribution in [0.3, 0.4) is 0 Å². The maximum Gasteiger partial charge on any atom is 0.128 e. The SMILES string of the molecule is CCCCc1ccc(O)c(I)c1. The number of benzene rings is 1. The van der Waals surface area contributed by atoms with Crippen molar-refractivity contribution in [1.82, 2.24) is 0 Å². The van der Waals surface area contributed by atoms with Crippen LogP contribution in [0.4, 0.5) is 0 Å². The first-order valence-corrected chi connectivity index (χ1v) is 5.29. The molecule has 1 aromatic carbocycles. The zero-order valence-corrected chi connectivity index (χ0v) is 9.34. The van der Waals surface area contributed by atoms with Crippen LogP contribution in [-0.4, -0.2) is 5.11 Å². The van der Waals surface area contributed by atoms with Gasteiger partial charge in [0.1, 0.15) is 5.75 Å². The maximum atomic E-state index is 9.26. The second-order valence-corrected chi connectivity index (χ2v) is 4.05. The van der Waals surface area contributed by atoms with E-state index in [1.165, 1.54) is 18.4 Å². The minimum absolute atomic E-state index is 0.385. The fourth-order valence-electron chi connectivity index (χ4n) is 1.09. The Kier molecular flexibility index (Phi) is 3.85. The predicted octanol–water partition coefficient (Wildman–Crippen LogP) is 3.34. The molecular formula is C10H13IO. The molecule has 0 aromatic heterocycles. The maximum absolute atomic E-state index is 9.26. The number of phenolic OH excluding ortho intramolecular Hbond substituents is 1. The van der Waals surface area contributed by atoms with Crippen molar-refractivity contribution in [3.63, 3.8) is 0 Å². The summed E-state index contributed by atoms with van der Waals surface area (Å²) in [5, 5.41) is 9.26. The summed E-state index contributed by atoms with van der Waals surface area (Å²) < 4.78 is 0.946. The first-order chi connectivity index (χ1) is 5.74. The summed E-state index contributed by atoms with van der Waals surface area (Å²) in [6, 6.07) is 5.81. The number of halogens is 1. The summed E-state index contributed by atoms with van der Waals surface area (Å²) >= 11 is 2.15. The van der Waals surface area contributed by atoms with Crippen LogP contribution in [0.15, 0.2) is 18.2 Å². The lowest BCUT2D eigenvalue weighted by Gasteiger charge is -2.01. The molecule has 1 aromatic rings. The minimum atomic E-state index is 0.385. The third-order valence-corrected chi connectivity index (χ3v) is 2.70. The predicted molar refractivity (Wildman–Crippen MR) is 59.4 cm³/mol. The molecule has 0 bridgehead atoms. The second-order valence-electron chi connectivity index (χ2n) is 2.89. The van der Waals surface area contributed by atoms with Gasteiger partial charge in [0.05, 0.1) is 3.57 Å². The molecule has 1 nitrogen and oxygen atoms in total. The standard InChI is InChI=1S/C10H13IO/c1-2-3-4-8-5-6-10(12)9(11)7-8/h5-7,12H,2-4H2,1H3. The summed E-state index contributed by atoms with van der Waals surface area (Å²) in [6.07, 6.45) is 3.56. The van der Waals surface area contributed by atoms with Crippen molar-refractivity contribution in [2.24, 2.45) is 0 Å². The number of aryl methyl sites for hydroxylation is 1. The lowest BCUT2D eigenvalue weighted by atomic mass is 10.1. The van der Waals surface area contributed by atoms with Crippen molar-refractivity contribution in [2.75, 3.05) is 0 Å². The highest BCUT2D eigenvalue weighted by atomic mass is 127. The van der Waals surface area contributed by atoms with Crippen molar-refractivity contribution in [2.45, 2.75) is 26.2 Å². The van der Waals surface area contributed by atoms with Gasteiger partial charge in [-0.25, -0.2) is 0 Å². The number of phenols is 1. The van der Waals surface area contributed by atoms with E-state index in [4.69, 9.17) is 0 Å². The quantitative estimate of drug-likeness (QED) is 0.839. The van der Waals surface area contributed by atoms with Crippen LogP contribution in [0.1, 0.15) is 25.3 Å². The molecule has 0 fully saturated rings. The number of aromatic hydroxyl groups is 1. The molecule has 2 heteroatoms. The molecule has 1 N–H and O–H groups in total. The van der Waals surface area contributed by atoms with Gasteiger partial charge in [-0.3, -0.25) is 0 Å². The van der Waals surface area contributed by atoms with Gasteiger partial charge in [-0.1, -0.05) is 19.4 Å². The van der Waals surface area contributed by atoms with E-state index in [0.29, 0.717) is 5.75 Å². The van der Waals surface area contributed by atoms with E-state index in [1.54, 1.807) is 6.07 Å². The van der Waals surface area contributed by atoms with Crippen molar-refractivity contribution < 1.29 is 5.11 Å². The lowest BCUT2D eigenvalue weighted by Crippen LogP contribution is -1.85. The smallest absolute Gasteiger partial charge is 0.128 e. The Labute approximate surface area is 86.9 Å². The Bertz CT molecular complexity index is 258. The zero-order chi connectivity index (χ0) is 8.97. The number of hydrogen-bond donors (Lipinski definition) is 1. The summed E-state index contributed by atoms with van der Waals surface area (Å²) in [7, 11) is 0. The molecule has 0 aliphatic heterocycles. The largest absolute Gasteiger partial charge is 0.507 e. The van der Waals surface area contributed by atoms with E-state index in [1.807, 2.05) is 12.1 Å². The van der Waals surface area contributed by atoms with Crippen LogP contribution >= 0.6 is 22.6 Å². The second kappa shape index (κ2) is 4.70. The summed E-state index contributed by atoms with van der Waals surface area (Å²) in [5.74, 6) is 0.385. The van der Waals surface area contributed by atoms with Gasteiger partial charge in [0.25, 0.3) is 0 Å². The van der Waals surface area contributed by atoms with Crippen molar-refractivity contribution >= 4 is 22.6 Å². The average molecular weight is 276 g/mol. The van der Waals surface area contributed by atoms with E-state index in [0.717, 1.165) is 9.99 Å². The summed E-state index contributed by atoms with van der Waals surface area (Å²) in [4.78, 5) is 0. The highest BCUT2D eigenvalue weighted by molar-refractivity contribution is 14.1. The van der Waals surface area contributed by atoms with E-state index in [9.17, 15) is 5.11 Å². The first kappa shape index (κ1) is 9.84. The van der Waals surface area contributed by atoms with Gasteiger partial charge in [-0.2, -0.15) is 0 Å². The molecular weight excluding hydrogens is 263 g/mol. The molecule has 0 amide bonds. The number of rotatable bonds is 3. The molecule has 0 aliphatic carbocycles. The normalized spacial score (nSPS) is 10.2. The van der Waals surface area contributed by atoms with Crippen LogP contribution in [0.2, 0.25) is 0 Å². The van der Waals surface area contributed by atoms with Gasteiger partial charge in [-0.05, 0) is 53.1 Å². The van der Waals surface area contributed by atoms with Crippen molar-refractivity contribution in [3.8, 4) is 5.75 Å². The molecule has 0 heterocycles. The first-order valence-electron chi connectivity index (χ1n) is 4.21. The molecule has 0 saturated heterocycles. The molecule has 0 unspecified atom stereocenters. The van der Waals surface area contributed by atoms with Gasteiger partial charge < -0.3 is 5.11 Å². The average Bonchev–Trinajstić information content (AvgIpc) is 2.07. The van der Waals surface area contributed by atoms with Crippen LogP contribution in [0, 0.1) is 3.57 Å². The van der Waals surface area contributed by atoms with E-state index >= 15 is 0 Å². The van der Waals surface area contributed by atoms with Gasteiger partial charge in [0, 0.05) is 0 Å². The highest BCUT2D eigenvalue weighted by Gasteiger charge is 1.98. The molecule has 0 radical (unpaired) electrons. The number of hydrogen-bond acceptors (Lipinski definition) is 1. The Morgan fingerprint density at radius 3 is 2.75 bits per heavy atom. The van der Waals surface area contributed by atoms with Crippen LogP contribution in [0.5, 0.6) is 5.75 Å². The molecule has 0 aliphatic rings. The van der Waals surface area contributed by atoms with Crippen molar-refractivity contribution in [3.05, 3.63) is 27.3 Å². The van der Waals surface area contributed by atoms with Gasteiger partial charge >= 0.3 is 0 Å². The topological polar surface area (TPSA) is 20.2 Å². The Morgan fingerprint density at radius 2 is 2.17 bits per heavy atom. The van der Waals surface area contributed by atoms with Crippen molar-refractivity contribution in [1.29, 1.82) is 0 Å². The minimum Gasteiger partial charge on any atom is -0.507 e. The fraction of sp³-hybridized carbons (Fsp3) is 0.400. The van der Waals surface area contributed by atoms with Crippen LogP contribution < -0.4 is 0 Å². The van der Waals surface area contributed by atoms with E-state index < -0.39 is 0 Å². The monoisotopic (exact) mass is 276 g/mol. The van der Waals surface area contributed by atoms with Crippen LogP contribution in [-0.2, 0) is 6.42 Å². The Balaban J connectivity index is 2.69. The van der Waals surface area contributed by atoms with Gasteiger partial charge in [0.2, 0.25) is 0 Å². The van der Waals surface area contributed by atoms with Gasteiger partial charge in [-0.15, -0.1) is 0 Å². The molecule has 0 atom stereocenters. The van der Waals surface area contributed by atoms with Crippen LogP contribution in [0.25, 0.3) is 0 Å². The van der Waals surface area contributed by atoms with E-state index in [2.05, 4.69) is 29.5 Å². The molecule has 12 heavy (non-hydrogen) atoms. The summed E-state index contributed by atoms with van der Waals surface area (Å²) in [6.45, 7) is 2.19. The molecule has 66 valence electrons. The highest BCUT2D eigenvalue weighted by Crippen LogP contribution is 2.20. The third kappa shape index (κ3) is 2.66. The number of unbranched alkanes of at least 4 members (excludes halogenated alkanes) is 1. The fourth-order valence-corrected chi connectivity index (χ4v) is 1.67. The van der Waals surface area contributed by atoms with E-state index in [-0.39, 0.29) is 0 Å². The Hall–Kier alpha value is -0.250. The molecule has 0 saturated carbocycles. The summed E-state index contributed by atoms with van der Waals surface area (Å²) in [5.41, 5.74) is 1.32. The van der Waals surface area contributed by atoms with Gasteiger partial charge in [0.15, 0.2) is 0 Å². The lowest BCUT2D eigenvalue weighted by molar-refractivity contribution is 0.471. The molecule has 0 spiro atoms. The zero-order valence-electron chi connectivity index (χ0n) is 7.18. The third-order valence-electron chi connectivity index (χ3n) is 1.83. The Morgan fingerprint density at radius 1 is 1.42 bits per heavy atom.